The van der Waals surface area contributed by atoms with Crippen molar-refractivity contribution in [1.29, 1.82) is 0 Å². The van der Waals surface area contributed by atoms with Crippen LogP contribution in [0, 0.1) is 17.0 Å². The van der Waals surface area contributed by atoms with Crippen molar-refractivity contribution in [1.82, 2.24) is 5.32 Å². The van der Waals surface area contributed by atoms with E-state index in [2.05, 4.69) is 5.32 Å². The second-order valence-electron chi connectivity index (χ2n) is 4.10. The lowest BCUT2D eigenvalue weighted by molar-refractivity contribution is -0.380. The van der Waals surface area contributed by atoms with Crippen LogP contribution in [0.2, 0.25) is 0 Å². The second-order valence-corrected chi connectivity index (χ2v) is 4.99. The summed E-state index contributed by atoms with van der Waals surface area (Å²) in [5.74, 6) is -1.06. The summed E-state index contributed by atoms with van der Waals surface area (Å²) in [5, 5.41) is 23.2. The van der Waals surface area contributed by atoms with Crippen LogP contribution in [-0.4, -0.2) is 21.9 Å². The van der Waals surface area contributed by atoms with Crippen LogP contribution in [0.15, 0.2) is 21.9 Å². The summed E-state index contributed by atoms with van der Waals surface area (Å²) in [4.78, 5) is 32.6. The maximum absolute atomic E-state index is 11.8. The fourth-order valence-electron chi connectivity index (χ4n) is 1.65. The third-order valence-electron chi connectivity index (χ3n) is 2.65. The van der Waals surface area contributed by atoms with Gasteiger partial charge >= 0.3 is 11.0 Å². The van der Waals surface area contributed by atoms with Gasteiger partial charge in [-0.15, -0.1) is 0 Å². The molecule has 2 rings (SSSR count). The van der Waals surface area contributed by atoms with Crippen molar-refractivity contribution in [3.8, 4) is 0 Å². The number of nitrogens with zero attached hydrogens (tertiary/aromatic N) is 1. The van der Waals surface area contributed by atoms with Crippen LogP contribution in [0.25, 0.3) is 0 Å². The van der Waals surface area contributed by atoms with Crippen molar-refractivity contribution >= 4 is 28.2 Å². The lowest BCUT2D eigenvalue weighted by Gasteiger charge is -2.00. The van der Waals surface area contributed by atoms with E-state index in [0.29, 0.717) is 5.76 Å². The van der Waals surface area contributed by atoms with Crippen molar-refractivity contribution in [2.45, 2.75) is 13.5 Å². The minimum absolute atomic E-state index is 0.00338. The zero-order valence-corrected chi connectivity index (χ0v) is 11.6. The lowest BCUT2D eigenvalue weighted by Crippen LogP contribution is -2.21. The van der Waals surface area contributed by atoms with E-state index in [1.807, 2.05) is 0 Å². The number of carbonyl (C=O) groups is 2. The Kier molecular flexibility index (Phi) is 4.03. The van der Waals surface area contributed by atoms with Crippen LogP contribution < -0.4 is 5.32 Å². The molecular formula is C12H10N2O6S. The Labute approximate surface area is 122 Å². The zero-order chi connectivity index (χ0) is 15.6. The Morgan fingerprint density at radius 3 is 2.71 bits per heavy atom. The fraction of sp³-hybridized carbons (Fsp3) is 0.167. The number of nitrogens with one attached hydrogen (secondary N) is 1. The van der Waals surface area contributed by atoms with Crippen molar-refractivity contribution < 1.29 is 24.0 Å². The van der Waals surface area contributed by atoms with E-state index in [1.54, 1.807) is 0 Å². The summed E-state index contributed by atoms with van der Waals surface area (Å²) in [6, 6.07) is 2.50. The lowest BCUT2D eigenvalue weighted by atomic mass is 10.2. The van der Waals surface area contributed by atoms with E-state index in [9.17, 15) is 19.7 Å². The summed E-state index contributed by atoms with van der Waals surface area (Å²) in [7, 11) is 0. The first-order valence-corrected chi connectivity index (χ1v) is 6.60. The van der Waals surface area contributed by atoms with Crippen molar-refractivity contribution in [3.63, 3.8) is 0 Å². The summed E-state index contributed by atoms with van der Waals surface area (Å²) in [6.45, 7) is 1.51. The molecule has 2 aromatic heterocycles. The normalized spacial score (nSPS) is 10.3. The average Bonchev–Trinajstić information content (AvgIpc) is 3.02. The number of hydrogen-bond donors (Lipinski definition) is 2. The van der Waals surface area contributed by atoms with Crippen molar-refractivity contribution in [3.05, 3.63) is 50.3 Å². The highest BCUT2D eigenvalue weighted by Gasteiger charge is 2.17. The topological polar surface area (TPSA) is 123 Å². The van der Waals surface area contributed by atoms with Gasteiger partial charge in [-0.05, 0) is 13.0 Å². The summed E-state index contributed by atoms with van der Waals surface area (Å²) in [6.07, 6.45) is 0. The number of hydrogen-bond acceptors (Lipinski definition) is 6. The molecule has 0 fully saturated rings. The van der Waals surface area contributed by atoms with Gasteiger partial charge in [0.15, 0.2) is 0 Å². The van der Waals surface area contributed by atoms with E-state index in [-0.39, 0.29) is 28.4 Å². The van der Waals surface area contributed by atoms with Gasteiger partial charge in [-0.1, -0.05) is 11.3 Å². The molecule has 0 atom stereocenters. The molecule has 0 unspecified atom stereocenters. The summed E-state index contributed by atoms with van der Waals surface area (Å²) >= 11 is 0.857. The average molecular weight is 310 g/mol. The molecule has 2 heterocycles. The van der Waals surface area contributed by atoms with E-state index in [0.717, 1.165) is 11.3 Å². The Balaban J connectivity index is 2.02. The van der Waals surface area contributed by atoms with Crippen LogP contribution in [0.3, 0.4) is 0 Å². The maximum Gasteiger partial charge on any atom is 0.339 e. The van der Waals surface area contributed by atoms with E-state index in [1.165, 1.54) is 24.4 Å². The molecule has 0 saturated heterocycles. The number of nitro groups is 1. The highest BCUT2D eigenvalue weighted by molar-refractivity contribution is 7.13. The predicted molar refractivity (Wildman–Crippen MR) is 72.5 cm³/mol. The van der Waals surface area contributed by atoms with E-state index < -0.39 is 16.8 Å². The highest BCUT2D eigenvalue weighted by Crippen LogP contribution is 2.22. The van der Waals surface area contributed by atoms with Crippen LogP contribution in [0.5, 0.6) is 0 Å². The van der Waals surface area contributed by atoms with Crippen LogP contribution >= 0.6 is 11.3 Å². The summed E-state index contributed by atoms with van der Waals surface area (Å²) in [5.41, 5.74) is 0.207. The molecule has 0 aliphatic heterocycles. The molecule has 0 radical (unpaired) electrons. The largest absolute Gasteiger partial charge is 0.478 e. The summed E-state index contributed by atoms with van der Waals surface area (Å²) < 4.78 is 5.20. The van der Waals surface area contributed by atoms with Gasteiger partial charge in [0, 0.05) is 11.4 Å². The number of aryl methyl sites for hydroxylation is 1. The van der Waals surface area contributed by atoms with Gasteiger partial charge in [-0.3, -0.25) is 14.9 Å². The molecule has 0 aliphatic rings. The van der Waals surface area contributed by atoms with Crippen LogP contribution in [0.4, 0.5) is 5.00 Å². The van der Waals surface area contributed by atoms with Gasteiger partial charge in [0.05, 0.1) is 17.0 Å². The molecule has 0 aromatic carbocycles. The van der Waals surface area contributed by atoms with Gasteiger partial charge in [0.1, 0.15) is 17.1 Å². The monoisotopic (exact) mass is 310 g/mol. The van der Waals surface area contributed by atoms with Crippen LogP contribution in [0.1, 0.15) is 32.2 Å². The number of carboxylic acids is 1. The third-order valence-corrected chi connectivity index (χ3v) is 3.53. The Morgan fingerprint density at radius 2 is 2.19 bits per heavy atom. The second kappa shape index (κ2) is 5.75. The number of thiophene rings is 1. The number of carboxylic acid groups (broad SMARTS) is 1. The fourth-order valence-corrected chi connectivity index (χ4v) is 2.36. The molecule has 1 amide bonds. The molecule has 110 valence electrons. The minimum atomic E-state index is -1.11. The SMILES string of the molecule is Cc1oc(CNC(=O)c2csc([N+](=O)[O-])c2)cc1C(=O)O. The zero-order valence-electron chi connectivity index (χ0n) is 10.8. The molecule has 0 aliphatic carbocycles. The van der Waals surface area contributed by atoms with Crippen LogP contribution in [-0.2, 0) is 6.54 Å². The molecule has 2 N–H and O–H groups in total. The highest BCUT2D eigenvalue weighted by atomic mass is 32.1. The van der Waals surface area contributed by atoms with Gasteiger partial charge in [0.25, 0.3) is 5.91 Å². The third kappa shape index (κ3) is 3.26. The van der Waals surface area contributed by atoms with Gasteiger partial charge < -0.3 is 14.8 Å². The first kappa shape index (κ1) is 14.7. The first-order chi connectivity index (χ1) is 9.88. The number of rotatable bonds is 5. The molecule has 0 spiro atoms. The Bertz CT molecular complexity index is 717. The molecule has 0 bridgehead atoms. The Hall–Kier alpha value is -2.68. The minimum Gasteiger partial charge on any atom is -0.478 e. The smallest absolute Gasteiger partial charge is 0.339 e. The van der Waals surface area contributed by atoms with Gasteiger partial charge in [-0.25, -0.2) is 4.79 Å². The molecule has 2 aromatic rings. The molecule has 21 heavy (non-hydrogen) atoms. The number of aromatic carboxylic acids is 1. The molecular weight excluding hydrogens is 300 g/mol. The first-order valence-electron chi connectivity index (χ1n) is 5.72. The number of amides is 1. The van der Waals surface area contributed by atoms with Gasteiger partial charge in [-0.2, -0.15) is 0 Å². The number of furan rings is 1. The number of carbonyl (C=O) groups excluding carboxylic acids is 1. The van der Waals surface area contributed by atoms with E-state index >= 15 is 0 Å². The van der Waals surface area contributed by atoms with Crippen molar-refractivity contribution in [2.24, 2.45) is 0 Å². The van der Waals surface area contributed by atoms with Gasteiger partial charge in [0.2, 0.25) is 0 Å². The molecule has 8 nitrogen and oxygen atoms in total. The Morgan fingerprint density at radius 1 is 1.48 bits per heavy atom. The maximum atomic E-state index is 11.8. The standard InChI is InChI=1S/C12H10N2O6S/c1-6-9(12(16)17)3-8(20-6)4-13-11(15)7-2-10(14(18)19)21-5-7/h2-3,5H,4H2,1H3,(H,13,15)(H,16,17). The molecule has 9 heteroatoms. The predicted octanol–water partition coefficient (Wildman–Crippen LogP) is 2.19. The molecule has 0 saturated carbocycles. The van der Waals surface area contributed by atoms with Crippen molar-refractivity contribution in [2.75, 3.05) is 0 Å². The van der Waals surface area contributed by atoms with E-state index in [4.69, 9.17) is 9.52 Å². The quantitative estimate of drug-likeness (QED) is 0.644.